The van der Waals surface area contributed by atoms with Gasteiger partial charge in [-0.3, -0.25) is 9.78 Å². The van der Waals surface area contributed by atoms with E-state index in [4.69, 9.17) is 10.4 Å². The molecule has 28 heavy (non-hydrogen) atoms. The number of anilines is 1. The second-order valence-electron chi connectivity index (χ2n) is 6.63. The number of rotatable bonds is 4. The number of nitrogens with two attached hydrogens (primary N) is 1. The zero-order chi connectivity index (χ0) is 19.7. The SMILES string of the molecule is CC1=Nc2cc(C(CN)C(=O)Nc3ccc4cnccc4c3)ccc2B(O)O1. The molecule has 0 saturated carbocycles. The highest BCUT2D eigenvalue weighted by Crippen LogP contribution is 2.25. The van der Waals surface area contributed by atoms with Crippen molar-refractivity contribution in [1.82, 2.24) is 4.98 Å². The molecule has 4 N–H and O–H groups in total. The number of nitrogens with one attached hydrogen (secondary N) is 1. The predicted molar refractivity (Wildman–Crippen MR) is 110 cm³/mol. The van der Waals surface area contributed by atoms with Gasteiger partial charge in [-0.1, -0.05) is 18.2 Å². The van der Waals surface area contributed by atoms with Crippen molar-refractivity contribution in [3.05, 3.63) is 60.4 Å². The average molecular weight is 374 g/mol. The highest BCUT2D eigenvalue weighted by Gasteiger charge is 2.28. The van der Waals surface area contributed by atoms with E-state index in [1.807, 2.05) is 24.3 Å². The molecule has 1 amide bonds. The first-order chi connectivity index (χ1) is 13.5. The monoisotopic (exact) mass is 374 g/mol. The van der Waals surface area contributed by atoms with Crippen LogP contribution in [-0.2, 0) is 9.45 Å². The maximum absolute atomic E-state index is 12.9. The summed E-state index contributed by atoms with van der Waals surface area (Å²) in [5, 5.41) is 14.9. The number of amides is 1. The number of fused-ring (bicyclic) bond motifs is 2. The van der Waals surface area contributed by atoms with Crippen molar-refractivity contribution in [1.29, 1.82) is 0 Å². The van der Waals surface area contributed by atoms with Crippen molar-refractivity contribution < 1.29 is 14.5 Å². The summed E-state index contributed by atoms with van der Waals surface area (Å²) in [5.41, 5.74) is 8.47. The van der Waals surface area contributed by atoms with E-state index >= 15 is 0 Å². The fourth-order valence-corrected chi connectivity index (χ4v) is 3.29. The zero-order valence-corrected chi connectivity index (χ0v) is 15.3. The lowest BCUT2D eigenvalue weighted by Gasteiger charge is -2.20. The second-order valence-corrected chi connectivity index (χ2v) is 6.63. The van der Waals surface area contributed by atoms with Gasteiger partial charge < -0.3 is 20.7 Å². The molecule has 1 aliphatic rings. The third kappa shape index (κ3) is 3.47. The van der Waals surface area contributed by atoms with E-state index in [9.17, 15) is 9.82 Å². The molecule has 1 aromatic heterocycles. The Kier molecular flexibility index (Phi) is 4.81. The van der Waals surface area contributed by atoms with Gasteiger partial charge in [0.25, 0.3) is 0 Å². The van der Waals surface area contributed by atoms with E-state index in [-0.39, 0.29) is 12.5 Å². The molecule has 0 saturated heterocycles. The summed E-state index contributed by atoms with van der Waals surface area (Å²) in [5.74, 6) is -0.380. The van der Waals surface area contributed by atoms with Crippen molar-refractivity contribution >= 4 is 46.5 Å². The lowest BCUT2D eigenvalue weighted by molar-refractivity contribution is -0.117. The van der Waals surface area contributed by atoms with Gasteiger partial charge in [-0.05, 0) is 35.2 Å². The molecule has 1 aliphatic heterocycles. The molecular formula is C20H19BN4O3. The molecule has 1 unspecified atom stereocenters. The lowest BCUT2D eigenvalue weighted by Crippen LogP contribution is -2.38. The fraction of sp³-hybridized carbons (Fsp3) is 0.150. The molecule has 1 atom stereocenters. The number of carbonyl (C=O) groups excluding carboxylic acids is 1. The summed E-state index contributed by atoms with van der Waals surface area (Å²) in [7, 11) is -1.06. The van der Waals surface area contributed by atoms with Gasteiger partial charge in [0, 0.05) is 42.4 Å². The Hall–Kier alpha value is -3.23. The number of pyridine rings is 1. The number of aliphatic imine (C=N–C) groups is 1. The number of nitrogens with zero attached hydrogens (tertiary/aromatic N) is 2. The van der Waals surface area contributed by atoms with E-state index < -0.39 is 13.0 Å². The third-order valence-electron chi connectivity index (χ3n) is 4.74. The average Bonchev–Trinajstić information content (AvgIpc) is 2.68. The molecule has 8 heteroatoms. The molecule has 0 spiro atoms. The molecule has 0 aliphatic carbocycles. The van der Waals surface area contributed by atoms with Crippen molar-refractivity contribution in [2.24, 2.45) is 10.7 Å². The van der Waals surface area contributed by atoms with Gasteiger partial charge in [0.15, 0.2) is 5.90 Å². The smallest absolute Gasteiger partial charge is 0.522 e. The standard InChI is InChI=1S/C20H19BN4O3/c1-12-24-19-9-14(3-5-18(19)21(27)28-12)17(10-22)20(26)25-16-4-2-15-11-23-7-6-13(15)8-16/h2-9,11,17,27H,10,22H2,1H3,(H,25,26). The Bertz CT molecular complexity index is 1090. The predicted octanol–water partition coefficient (Wildman–Crippen LogP) is 1.68. The van der Waals surface area contributed by atoms with Crippen LogP contribution in [0.15, 0.2) is 59.9 Å². The van der Waals surface area contributed by atoms with Crippen LogP contribution >= 0.6 is 0 Å². The highest BCUT2D eigenvalue weighted by atomic mass is 16.5. The topological polar surface area (TPSA) is 110 Å². The fourth-order valence-electron chi connectivity index (χ4n) is 3.29. The summed E-state index contributed by atoms with van der Waals surface area (Å²) in [6.45, 7) is 1.81. The molecule has 4 rings (SSSR count). The first kappa shape index (κ1) is 18.2. The Morgan fingerprint density at radius 3 is 2.93 bits per heavy atom. The quantitative estimate of drug-likeness (QED) is 0.602. The second kappa shape index (κ2) is 7.42. The van der Waals surface area contributed by atoms with Crippen LogP contribution in [0.1, 0.15) is 18.4 Å². The van der Waals surface area contributed by atoms with Crippen LogP contribution in [0.3, 0.4) is 0 Å². The maximum Gasteiger partial charge on any atom is 0.563 e. The van der Waals surface area contributed by atoms with Crippen LogP contribution in [0.5, 0.6) is 0 Å². The minimum Gasteiger partial charge on any atom is -0.522 e. The van der Waals surface area contributed by atoms with E-state index in [2.05, 4.69) is 15.3 Å². The number of hydrogen-bond donors (Lipinski definition) is 3. The van der Waals surface area contributed by atoms with Gasteiger partial charge in [0.1, 0.15) is 0 Å². The zero-order valence-electron chi connectivity index (χ0n) is 15.3. The molecule has 3 aromatic rings. The molecular weight excluding hydrogens is 355 g/mol. The third-order valence-corrected chi connectivity index (χ3v) is 4.74. The highest BCUT2D eigenvalue weighted by molar-refractivity contribution is 6.64. The minimum absolute atomic E-state index is 0.143. The Morgan fingerprint density at radius 1 is 1.25 bits per heavy atom. The summed E-state index contributed by atoms with van der Waals surface area (Å²) >= 11 is 0. The Labute approximate surface area is 162 Å². The van der Waals surface area contributed by atoms with Crippen LogP contribution in [0.4, 0.5) is 11.4 Å². The number of benzene rings is 2. The number of hydrogen-bond acceptors (Lipinski definition) is 6. The van der Waals surface area contributed by atoms with E-state index in [1.54, 1.807) is 37.5 Å². The van der Waals surface area contributed by atoms with Gasteiger partial charge in [-0.15, -0.1) is 0 Å². The van der Waals surface area contributed by atoms with E-state index in [1.165, 1.54) is 0 Å². The van der Waals surface area contributed by atoms with Crippen LogP contribution in [0, 0.1) is 0 Å². The molecule has 2 heterocycles. The summed E-state index contributed by atoms with van der Waals surface area (Å²) in [4.78, 5) is 21.3. The first-order valence-electron chi connectivity index (χ1n) is 8.94. The van der Waals surface area contributed by atoms with Crippen molar-refractivity contribution in [3.63, 3.8) is 0 Å². The number of aromatic nitrogens is 1. The van der Waals surface area contributed by atoms with Gasteiger partial charge in [-0.25, -0.2) is 4.99 Å². The van der Waals surface area contributed by atoms with Crippen molar-refractivity contribution in [2.45, 2.75) is 12.8 Å². The molecule has 0 radical (unpaired) electrons. The van der Waals surface area contributed by atoms with Gasteiger partial charge in [-0.2, -0.15) is 0 Å². The Balaban J connectivity index is 1.60. The van der Waals surface area contributed by atoms with Gasteiger partial charge in [0.2, 0.25) is 5.91 Å². The largest absolute Gasteiger partial charge is 0.563 e. The first-order valence-corrected chi connectivity index (χ1v) is 8.94. The van der Waals surface area contributed by atoms with Crippen molar-refractivity contribution in [3.8, 4) is 0 Å². The van der Waals surface area contributed by atoms with Crippen LogP contribution < -0.4 is 16.5 Å². The molecule has 7 nitrogen and oxygen atoms in total. The van der Waals surface area contributed by atoms with E-state index in [0.29, 0.717) is 22.7 Å². The van der Waals surface area contributed by atoms with Crippen LogP contribution in [0.25, 0.3) is 10.8 Å². The molecule has 2 aromatic carbocycles. The van der Waals surface area contributed by atoms with Gasteiger partial charge >= 0.3 is 7.12 Å². The Morgan fingerprint density at radius 2 is 2.11 bits per heavy atom. The van der Waals surface area contributed by atoms with Crippen molar-refractivity contribution in [2.75, 3.05) is 11.9 Å². The number of carbonyl (C=O) groups is 1. The van der Waals surface area contributed by atoms with Crippen LogP contribution in [0.2, 0.25) is 0 Å². The van der Waals surface area contributed by atoms with E-state index in [0.717, 1.165) is 16.3 Å². The summed E-state index contributed by atoms with van der Waals surface area (Å²) in [6, 6.07) is 12.8. The molecule has 0 bridgehead atoms. The minimum atomic E-state index is -1.06. The summed E-state index contributed by atoms with van der Waals surface area (Å²) in [6.07, 6.45) is 3.49. The maximum atomic E-state index is 12.9. The van der Waals surface area contributed by atoms with Crippen LogP contribution in [-0.4, -0.2) is 35.5 Å². The summed E-state index contributed by atoms with van der Waals surface area (Å²) < 4.78 is 5.20. The lowest BCUT2D eigenvalue weighted by atomic mass is 9.76. The van der Waals surface area contributed by atoms with Gasteiger partial charge in [0.05, 0.1) is 11.6 Å². The normalized spacial score (nSPS) is 14.1. The molecule has 0 fully saturated rings. The molecule has 140 valence electrons.